The van der Waals surface area contributed by atoms with Crippen LogP contribution >= 0.6 is 11.5 Å². The molecule has 6 heteroatoms. The van der Waals surface area contributed by atoms with Gasteiger partial charge in [0.25, 0.3) is 0 Å². The Bertz CT molecular complexity index is 638. The average Bonchev–Trinajstić information content (AvgIpc) is 2.99. The Morgan fingerprint density at radius 2 is 2.14 bits per heavy atom. The van der Waals surface area contributed by atoms with Gasteiger partial charge in [0.2, 0.25) is 0 Å². The van der Waals surface area contributed by atoms with Gasteiger partial charge in [-0.05, 0) is 24.1 Å². The van der Waals surface area contributed by atoms with E-state index >= 15 is 0 Å². The van der Waals surface area contributed by atoms with E-state index in [9.17, 15) is 5.26 Å². The van der Waals surface area contributed by atoms with Crippen LogP contribution in [-0.4, -0.2) is 47.0 Å². The molecule has 0 amide bonds. The van der Waals surface area contributed by atoms with Crippen molar-refractivity contribution in [3.63, 3.8) is 0 Å². The van der Waals surface area contributed by atoms with Crippen molar-refractivity contribution < 1.29 is 0 Å². The second-order valence-electron chi connectivity index (χ2n) is 4.99. The highest BCUT2D eigenvalue weighted by Gasteiger charge is 2.23. The van der Waals surface area contributed by atoms with Crippen LogP contribution in [0.4, 0.5) is 5.82 Å². The number of hydrogen-bond donors (Lipinski definition) is 0. The fourth-order valence-corrected chi connectivity index (χ4v) is 3.41. The third-order valence-corrected chi connectivity index (χ3v) is 4.72. The van der Waals surface area contributed by atoms with Gasteiger partial charge in [-0.3, -0.25) is 4.98 Å². The molecule has 1 aliphatic heterocycles. The molecule has 0 radical (unpaired) electrons. The molecule has 1 saturated heterocycles. The molecule has 1 fully saturated rings. The van der Waals surface area contributed by atoms with Crippen molar-refractivity contribution in [1.29, 1.82) is 5.26 Å². The Kier molecular flexibility index (Phi) is 4.13. The summed E-state index contributed by atoms with van der Waals surface area (Å²) < 4.78 is 4.54. The Morgan fingerprint density at radius 3 is 2.76 bits per heavy atom. The van der Waals surface area contributed by atoms with Crippen LogP contribution in [0.3, 0.4) is 0 Å². The normalized spacial score (nSPS) is 15.9. The SMILES string of the molecule is CCN1CCN(c2nsc(-c3cccnc3)c2C#N)CC1. The van der Waals surface area contributed by atoms with Gasteiger partial charge in [0.1, 0.15) is 11.6 Å². The third kappa shape index (κ3) is 2.75. The van der Waals surface area contributed by atoms with Crippen molar-refractivity contribution in [2.24, 2.45) is 0 Å². The topological polar surface area (TPSA) is 56.1 Å². The van der Waals surface area contributed by atoms with Crippen LogP contribution in [0.1, 0.15) is 12.5 Å². The zero-order chi connectivity index (χ0) is 14.7. The van der Waals surface area contributed by atoms with Crippen LogP contribution in [0.2, 0.25) is 0 Å². The van der Waals surface area contributed by atoms with Crippen molar-refractivity contribution in [3.05, 3.63) is 30.1 Å². The number of hydrogen-bond acceptors (Lipinski definition) is 6. The minimum Gasteiger partial charge on any atom is -0.352 e. The van der Waals surface area contributed by atoms with Crippen LogP contribution in [0.5, 0.6) is 0 Å². The fourth-order valence-electron chi connectivity index (χ4n) is 2.57. The molecule has 0 aliphatic carbocycles. The summed E-state index contributed by atoms with van der Waals surface area (Å²) in [5, 5.41) is 9.54. The molecule has 0 saturated carbocycles. The maximum Gasteiger partial charge on any atom is 0.160 e. The lowest BCUT2D eigenvalue weighted by Gasteiger charge is -2.34. The van der Waals surface area contributed by atoms with Crippen molar-refractivity contribution in [2.75, 3.05) is 37.6 Å². The van der Waals surface area contributed by atoms with Crippen molar-refractivity contribution >= 4 is 17.4 Å². The second kappa shape index (κ2) is 6.20. The highest BCUT2D eigenvalue weighted by atomic mass is 32.1. The Labute approximate surface area is 128 Å². The maximum absolute atomic E-state index is 9.54. The fraction of sp³-hybridized carbons (Fsp3) is 0.400. The number of anilines is 1. The van der Waals surface area contributed by atoms with E-state index in [0.29, 0.717) is 5.56 Å². The first-order valence-electron chi connectivity index (χ1n) is 7.11. The first kappa shape index (κ1) is 14.0. The van der Waals surface area contributed by atoms with Gasteiger partial charge in [0.15, 0.2) is 5.82 Å². The quantitative estimate of drug-likeness (QED) is 0.870. The summed E-state index contributed by atoms with van der Waals surface area (Å²) in [4.78, 5) is 9.68. The summed E-state index contributed by atoms with van der Waals surface area (Å²) in [6.45, 7) is 7.18. The summed E-state index contributed by atoms with van der Waals surface area (Å²) in [6.07, 6.45) is 3.52. The molecule has 5 nitrogen and oxygen atoms in total. The van der Waals surface area contributed by atoms with E-state index < -0.39 is 0 Å². The molecule has 0 N–H and O–H groups in total. The van der Waals surface area contributed by atoms with Crippen molar-refractivity contribution in [3.8, 4) is 16.5 Å². The van der Waals surface area contributed by atoms with Gasteiger partial charge in [0, 0.05) is 44.1 Å². The predicted octanol–water partition coefficient (Wildman–Crippen LogP) is 2.22. The molecular formula is C15H17N5S. The molecule has 0 atom stereocenters. The van der Waals surface area contributed by atoms with E-state index in [1.807, 2.05) is 12.1 Å². The monoisotopic (exact) mass is 299 g/mol. The van der Waals surface area contributed by atoms with E-state index in [-0.39, 0.29) is 0 Å². The molecule has 2 aromatic rings. The number of nitriles is 1. The Hall–Kier alpha value is -1.97. The lowest BCUT2D eigenvalue weighted by Crippen LogP contribution is -2.46. The summed E-state index contributed by atoms with van der Waals surface area (Å²) in [6, 6.07) is 6.19. The van der Waals surface area contributed by atoms with Gasteiger partial charge < -0.3 is 9.80 Å². The number of likely N-dealkylation sites (N-methyl/N-ethyl adjacent to an activating group) is 1. The van der Waals surface area contributed by atoms with Gasteiger partial charge in [0.05, 0.1) is 4.88 Å². The molecule has 0 bridgehead atoms. The van der Waals surface area contributed by atoms with Crippen LogP contribution in [0, 0.1) is 11.3 Å². The first-order valence-corrected chi connectivity index (χ1v) is 7.88. The molecule has 0 spiro atoms. The molecule has 21 heavy (non-hydrogen) atoms. The number of aromatic nitrogens is 2. The van der Waals surface area contributed by atoms with Gasteiger partial charge in [-0.1, -0.05) is 13.0 Å². The number of nitrogens with zero attached hydrogens (tertiary/aromatic N) is 5. The summed E-state index contributed by atoms with van der Waals surface area (Å²) in [5.41, 5.74) is 1.64. The standard InChI is InChI=1S/C15H17N5S/c1-2-19-6-8-20(9-7-19)15-13(10-16)14(21-18-15)12-4-3-5-17-11-12/h3-5,11H,2,6-9H2,1H3. The van der Waals surface area contributed by atoms with Gasteiger partial charge in [-0.15, -0.1) is 0 Å². The minimum absolute atomic E-state index is 0.679. The molecule has 108 valence electrons. The molecule has 0 aromatic carbocycles. The molecule has 3 rings (SSSR count). The van der Waals surface area contributed by atoms with E-state index in [4.69, 9.17) is 0 Å². The number of rotatable bonds is 3. The molecule has 3 heterocycles. The van der Waals surface area contributed by atoms with Crippen molar-refractivity contribution in [1.82, 2.24) is 14.3 Å². The molecule has 0 unspecified atom stereocenters. The van der Waals surface area contributed by atoms with Crippen LogP contribution in [0.25, 0.3) is 10.4 Å². The zero-order valence-electron chi connectivity index (χ0n) is 12.0. The summed E-state index contributed by atoms with van der Waals surface area (Å²) in [7, 11) is 0. The predicted molar refractivity (Wildman–Crippen MR) is 84.4 cm³/mol. The highest BCUT2D eigenvalue weighted by molar-refractivity contribution is 7.10. The molecule has 2 aromatic heterocycles. The highest BCUT2D eigenvalue weighted by Crippen LogP contribution is 2.34. The summed E-state index contributed by atoms with van der Waals surface area (Å²) >= 11 is 1.39. The zero-order valence-corrected chi connectivity index (χ0v) is 12.8. The van der Waals surface area contributed by atoms with E-state index in [1.165, 1.54) is 11.5 Å². The molecule has 1 aliphatic rings. The number of pyridine rings is 1. The second-order valence-corrected chi connectivity index (χ2v) is 5.76. The van der Waals surface area contributed by atoms with Crippen LogP contribution in [-0.2, 0) is 0 Å². The van der Waals surface area contributed by atoms with E-state index in [2.05, 4.69) is 32.2 Å². The average molecular weight is 299 g/mol. The van der Waals surface area contributed by atoms with Crippen LogP contribution in [0.15, 0.2) is 24.5 Å². The van der Waals surface area contributed by atoms with Gasteiger partial charge >= 0.3 is 0 Å². The first-order chi connectivity index (χ1) is 10.3. The lowest BCUT2D eigenvalue weighted by molar-refractivity contribution is 0.270. The third-order valence-electron chi connectivity index (χ3n) is 3.83. The Morgan fingerprint density at radius 1 is 1.33 bits per heavy atom. The largest absolute Gasteiger partial charge is 0.352 e. The van der Waals surface area contributed by atoms with Crippen molar-refractivity contribution in [2.45, 2.75) is 6.92 Å². The van der Waals surface area contributed by atoms with Gasteiger partial charge in [-0.2, -0.15) is 9.64 Å². The lowest BCUT2D eigenvalue weighted by atomic mass is 10.1. The minimum atomic E-state index is 0.679. The Balaban J connectivity index is 1.88. The smallest absolute Gasteiger partial charge is 0.160 e. The summed E-state index contributed by atoms with van der Waals surface area (Å²) in [5.74, 6) is 0.831. The molecular weight excluding hydrogens is 282 g/mol. The van der Waals surface area contributed by atoms with E-state index in [0.717, 1.165) is 49.0 Å². The van der Waals surface area contributed by atoms with Gasteiger partial charge in [-0.25, -0.2) is 0 Å². The van der Waals surface area contributed by atoms with Crippen LogP contribution < -0.4 is 4.90 Å². The number of piperazine rings is 1. The maximum atomic E-state index is 9.54. The van der Waals surface area contributed by atoms with E-state index in [1.54, 1.807) is 12.4 Å².